The van der Waals surface area contributed by atoms with Crippen molar-refractivity contribution in [3.8, 4) is 0 Å². The highest BCUT2D eigenvalue weighted by Crippen LogP contribution is 2.18. The quantitative estimate of drug-likeness (QED) is 0.789. The van der Waals surface area contributed by atoms with Crippen LogP contribution in [-0.2, 0) is 4.74 Å². The van der Waals surface area contributed by atoms with Gasteiger partial charge in [-0.25, -0.2) is 4.79 Å². The SMILES string of the molecule is CCOC(=O)N1CCN(C(=O)c2ccnc(C(=O)N3CCC(C)CC3)c2)CC1. The van der Waals surface area contributed by atoms with E-state index in [1.54, 1.807) is 28.9 Å². The Bertz CT molecular complexity index is 723. The number of pyridine rings is 1. The number of carbonyl (C=O) groups excluding carboxylic acids is 3. The van der Waals surface area contributed by atoms with Gasteiger partial charge in [0.15, 0.2) is 0 Å². The standard InChI is InChI=1S/C20H28N4O4/c1-3-28-20(27)24-12-10-23(11-13-24)18(25)16-4-7-21-17(14-16)19(26)22-8-5-15(2)6-9-22/h4,7,14-15H,3,5-6,8-13H2,1-2H3. The van der Waals surface area contributed by atoms with Gasteiger partial charge in [0, 0.05) is 51.0 Å². The van der Waals surface area contributed by atoms with Crippen LogP contribution in [0.25, 0.3) is 0 Å². The number of ether oxygens (including phenoxy) is 1. The zero-order chi connectivity index (χ0) is 20.1. The molecule has 8 heteroatoms. The highest BCUT2D eigenvalue weighted by molar-refractivity contribution is 5.98. The lowest BCUT2D eigenvalue weighted by molar-refractivity contribution is 0.0570. The van der Waals surface area contributed by atoms with Crippen LogP contribution in [0.4, 0.5) is 4.79 Å². The maximum absolute atomic E-state index is 12.8. The van der Waals surface area contributed by atoms with E-state index in [2.05, 4.69) is 11.9 Å². The maximum atomic E-state index is 12.8. The molecule has 0 spiro atoms. The number of piperidine rings is 1. The number of aromatic nitrogens is 1. The van der Waals surface area contributed by atoms with Gasteiger partial charge >= 0.3 is 6.09 Å². The number of rotatable bonds is 3. The molecule has 8 nitrogen and oxygen atoms in total. The number of carbonyl (C=O) groups is 3. The number of amides is 3. The van der Waals surface area contributed by atoms with Gasteiger partial charge in [0.05, 0.1) is 6.61 Å². The number of hydrogen-bond donors (Lipinski definition) is 0. The van der Waals surface area contributed by atoms with Crippen LogP contribution < -0.4 is 0 Å². The van der Waals surface area contributed by atoms with E-state index in [0.29, 0.717) is 50.0 Å². The Morgan fingerprint density at radius 2 is 1.61 bits per heavy atom. The summed E-state index contributed by atoms with van der Waals surface area (Å²) in [5.74, 6) is 0.374. The molecule has 2 fully saturated rings. The lowest BCUT2D eigenvalue weighted by atomic mass is 9.99. The average molecular weight is 388 g/mol. The van der Waals surface area contributed by atoms with Gasteiger partial charge in [-0.05, 0) is 37.8 Å². The third-order valence-electron chi connectivity index (χ3n) is 5.39. The lowest BCUT2D eigenvalue weighted by Gasteiger charge is -2.34. The molecular formula is C20H28N4O4. The van der Waals surface area contributed by atoms with E-state index in [0.717, 1.165) is 25.9 Å². The molecule has 0 aliphatic carbocycles. The van der Waals surface area contributed by atoms with Crippen LogP contribution in [0.1, 0.15) is 47.5 Å². The fraction of sp³-hybridized carbons (Fsp3) is 0.600. The van der Waals surface area contributed by atoms with Crippen LogP contribution in [0.5, 0.6) is 0 Å². The predicted octanol–water partition coefficient (Wildman–Crippen LogP) is 1.87. The summed E-state index contributed by atoms with van der Waals surface area (Å²) in [6.45, 7) is 7.51. The topological polar surface area (TPSA) is 83.0 Å². The number of piperazine rings is 1. The van der Waals surface area contributed by atoms with Crippen molar-refractivity contribution >= 4 is 17.9 Å². The Labute approximate surface area is 165 Å². The Hall–Kier alpha value is -2.64. The van der Waals surface area contributed by atoms with Crippen molar-refractivity contribution < 1.29 is 19.1 Å². The summed E-state index contributed by atoms with van der Waals surface area (Å²) >= 11 is 0. The number of likely N-dealkylation sites (tertiary alicyclic amines) is 1. The van der Waals surface area contributed by atoms with E-state index in [1.165, 1.54) is 6.20 Å². The van der Waals surface area contributed by atoms with Crippen LogP contribution in [-0.4, -0.2) is 83.5 Å². The monoisotopic (exact) mass is 388 g/mol. The molecule has 0 atom stereocenters. The largest absolute Gasteiger partial charge is 0.450 e. The van der Waals surface area contributed by atoms with Gasteiger partial charge in [-0.1, -0.05) is 6.92 Å². The van der Waals surface area contributed by atoms with Crippen molar-refractivity contribution in [1.29, 1.82) is 0 Å². The highest BCUT2D eigenvalue weighted by Gasteiger charge is 2.27. The van der Waals surface area contributed by atoms with Gasteiger partial charge in [0.25, 0.3) is 11.8 Å². The molecule has 1 aromatic rings. The van der Waals surface area contributed by atoms with Crippen molar-refractivity contribution in [2.75, 3.05) is 45.9 Å². The minimum absolute atomic E-state index is 0.117. The molecule has 152 valence electrons. The Balaban J connectivity index is 1.61. The van der Waals surface area contributed by atoms with Gasteiger partial charge in [-0.3, -0.25) is 14.6 Å². The molecule has 28 heavy (non-hydrogen) atoms. The fourth-order valence-corrected chi connectivity index (χ4v) is 3.54. The summed E-state index contributed by atoms with van der Waals surface area (Å²) in [4.78, 5) is 46.6. The van der Waals surface area contributed by atoms with Crippen molar-refractivity contribution in [2.24, 2.45) is 5.92 Å². The first kappa shape index (κ1) is 20.1. The van der Waals surface area contributed by atoms with Gasteiger partial charge < -0.3 is 19.4 Å². The van der Waals surface area contributed by atoms with Crippen molar-refractivity contribution in [1.82, 2.24) is 19.7 Å². The van der Waals surface area contributed by atoms with E-state index in [4.69, 9.17) is 4.74 Å². The van der Waals surface area contributed by atoms with Gasteiger partial charge in [0.1, 0.15) is 5.69 Å². The third kappa shape index (κ3) is 4.61. The Morgan fingerprint density at radius 1 is 1.00 bits per heavy atom. The van der Waals surface area contributed by atoms with E-state index in [9.17, 15) is 14.4 Å². The molecule has 3 heterocycles. The summed E-state index contributed by atoms with van der Waals surface area (Å²) in [6.07, 6.45) is 3.16. The average Bonchev–Trinajstić information content (AvgIpc) is 2.73. The molecule has 3 amide bonds. The highest BCUT2D eigenvalue weighted by atomic mass is 16.6. The maximum Gasteiger partial charge on any atom is 0.409 e. The molecule has 0 N–H and O–H groups in total. The molecule has 0 aromatic carbocycles. The van der Waals surface area contributed by atoms with E-state index >= 15 is 0 Å². The van der Waals surface area contributed by atoms with Crippen molar-refractivity contribution in [3.05, 3.63) is 29.6 Å². The van der Waals surface area contributed by atoms with Crippen LogP contribution >= 0.6 is 0 Å². The molecule has 2 aliphatic rings. The number of hydrogen-bond acceptors (Lipinski definition) is 5. The fourth-order valence-electron chi connectivity index (χ4n) is 3.54. The summed E-state index contributed by atoms with van der Waals surface area (Å²) in [5.41, 5.74) is 0.763. The number of nitrogens with zero attached hydrogens (tertiary/aromatic N) is 4. The minimum Gasteiger partial charge on any atom is -0.450 e. The first-order valence-electron chi connectivity index (χ1n) is 9.96. The van der Waals surface area contributed by atoms with Gasteiger partial charge in [-0.2, -0.15) is 0 Å². The smallest absolute Gasteiger partial charge is 0.409 e. The summed E-state index contributed by atoms with van der Waals surface area (Å²) in [7, 11) is 0. The Kier molecular flexibility index (Phi) is 6.49. The second kappa shape index (κ2) is 9.03. The van der Waals surface area contributed by atoms with Crippen LogP contribution in [0.2, 0.25) is 0 Å². The van der Waals surface area contributed by atoms with Crippen LogP contribution in [0.15, 0.2) is 18.3 Å². The molecule has 2 saturated heterocycles. The molecule has 0 radical (unpaired) electrons. The molecule has 2 aliphatic heterocycles. The Morgan fingerprint density at radius 3 is 2.25 bits per heavy atom. The molecule has 0 bridgehead atoms. The van der Waals surface area contributed by atoms with Gasteiger partial charge in [0.2, 0.25) is 0 Å². The van der Waals surface area contributed by atoms with E-state index in [1.807, 2.05) is 4.90 Å². The van der Waals surface area contributed by atoms with Crippen molar-refractivity contribution in [3.63, 3.8) is 0 Å². The van der Waals surface area contributed by atoms with Crippen LogP contribution in [0.3, 0.4) is 0 Å². The summed E-state index contributed by atoms with van der Waals surface area (Å²) in [6, 6.07) is 3.22. The third-order valence-corrected chi connectivity index (χ3v) is 5.39. The zero-order valence-corrected chi connectivity index (χ0v) is 16.6. The first-order valence-corrected chi connectivity index (χ1v) is 9.96. The first-order chi connectivity index (χ1) is 13.5. The van der Waals surface area contributed by atoms with E-state index < -0.39 is 0 Å². The second-order valence-electron chi connectivity index (χ2n) is 7.38. The molecule has 3 rings (SSSR count). The molecule has 0 unspecified atom stereocenters. The predicted molar refractivity (Wildman–Crippen MR) is 103 cm³/mol. The van der Waals surface area contributed by atoms with E-state index in [-0.39, 0.29) is 17.9 Å². The second-order valence-corrected chi connectivity index (χ2v) is 7.38. The zero-order valence-electron chi connectivity index (χ0n) is 16.6. The lowest BCUT2D eigenvalue weighted by Crippen LogP contribution is -2.50. The molecular weight excluding hydrogens is 360 g/mol. The normalized spacial score (nSPS) is 18.1. The van der Waals surface area contributed by atoms with Crippen LogP contribution in [0, 0.1) is 5.92 Å². The minimum atomic E-state index is -0.345. The molecule has 0 saturated carbocycles. The summed E-state index contributed by atoms with van der Waals surface area (Å²) < 4.78 is 5.00. The van der Waals surface area contributed by atoms with Crippen molar-refractivity contribution in [2.45, 2.75) is 26.7 Å². The molecule has 1 aromatic heterocycles. The van der Waals surface area contributed by atoms with Gasteiger partial charge in [-0.15, -0.1) is 0 Å². The summed E-state index contributed by atoms with van der Waals surface area (Å²) in [5, 5.41) is 0.